The molecule has 0 aromatic heterocycles. The third kappa shape index (κ3) is 2.27. The molecule has 3 aromatic rings. The number of benzene rings is 3. The SMILES string of the molecule is O=C1[C@H]2C3c4ccccc4C(C(=O)O)(c4ccccc43)[C@H]2C(=O)N1c1ccccc1C(F)(F)F. The highest BCUT2D eigenvalue weighted by Gasteiger charge is 2.71. The number of nitrogens with zero attached hydrogens (tertiary/aromatic N) is 1. The van der Waals surface area contributed by atoms with E-state index in [9.17, 15) is 32.7 Å². The monoisotopic (exact) mass is 463 g/mol. The van der Waals surface area contributed by atoms with Crippen molar-refractivity contribution >= 4 is 23.5 Å². The average Bonchev–Trinajstić information content (AvgIpc) is 3.09. The van der Waals surface area contributed by atoms with Gasteiger partial charge >= 0.3 is 12.1 Å². The van der Waals surface area contributed by atoms with Crippen molar-refractivity contribution in [2.75, 3.05) is 4.90 Å². The zero-order valence-electron chi connectivity index (χ0n) is 17.4. The standard InChI is InChI=1S/C26H16F3NO4/c27-26(28,29)17-11-5-6-12-18(17)30-22(31)20-19-13-7-1-3-9-15(13)25(24(33)34,21(20)23(30)32)16-10-4-2-8-14(16)19/h1-12,19-21H,(H,33,34)/t19?,20-,21+,25?/m0/s1. The zero-order chi connectivity index (χ0) is 24.0. The zero-order valence-corrected chi connectivity index (χ0v) is 17.4. The number of aliphatic carboxylic acids is 1. The largest absolute Gasteiger partial charge is 0.480 e. The van der Waals surface area contributed by atoms with Crippen LogP contribution < -0.4 is 4.90 Å². The van der Waals surface area contributed by atoms with Gasteiger partial charge in [0, 0.05) is 5.92 Å². The number of carboxylic acid groups (broad SMARTS) is 1. The molecule has 2 amide bonds. The molecule has 5 nitrogen and oxygen atoms in total. The van der Waals surface area contributed by atoms with Crippen molar-refractivity contribution in [3.63, 3.8) is 0 Å². The molecule has 7 rings (SSSR count). The lowest BCUT2D eigenvalue weighted by atomic mass is 9.47. The van der Waals surface area contributed by atoms with Crippen LogP contribution in [0.2, 0.25) is 0 Å². The van der Waals surface area contributed by atoms with Gasteiger partial charge in [0.2, 0.25) is 11.8 Å². The molecular weight excluding hydrogens is 447 g/mol. The number of imide groups is 1. The van der Waals surface area contributed by atoms with Crippen LogP contribution >= 0.6 is 0 Å². The first-order valence-electron chi connectivity index (χ1n) is 10.7. The van der Waals surface area contributed by atoms with Crippen LogP contribution in [0.25, 0.3) is 0 Å². The summed E-state index contributed by atoms with van der Waals surface area (Å²) in [5, 5.41) is 10.6. The first kappa shape index (κ1) is 20.7. The molecule has 34 heavy (non-hydrogen) atoms. The van der Waals surface area contributed by atoms with E-state index in [-0.39, 0.29) is 0 Å². The van der Waals surface area contributed by atoms with Crippen LogP contribution in [-0.2, 0) is 26.0 Å². The Balaban J connectivity index is 1.66. The highest BCUT2D eigenvalue weighted by molar-refractivity contribution is 6.25. The maximum Gasteiger partial charge on any atom is 0.418 e. The number of para-hydroxylation sites is 1. The fourth-order valence-electron chi connectivity index (χ4n) is 6.28. The summed E-state index contributed by atoms with van der Waals surface area (Å²) in [5.41, 5.74) is -1.57. The summed E-state index contributed by atoms with van der Waals surface area (Å²) in [6.07, 6.45) is -4.81. The molecule has 8 heteroatoms. The Morgan fingerprint density at radius 3 is 1.91 bits per heavy atom. The van der Waals surface area contributed by atoms with Crippen molar-refractivity contribution < 1.29 is 32.7 Å². The lowest BCUT2D eigenvalue weighted by Gasteiger charge is -2.51. The number of carboxylic acids is 1. The third-order valence-electron chi connectivity index (χ3n) is 7.41. The van der Waals surface area contributed by atoms with Crippen LogP contribution in [0.3, 0.4) is 0 Å². The number of amides is 2. The molecule has 1 N–H and O–H groups in total. The van der Waals surface area contributed by atoms with E-state index in [2.05, 4.69) is 0 Å². The molecule has 2 atom stereocenters. The number of carbonyl (C=O) groups excluding carboxylic acids is 2. The second-order valence-electron chi connectivity index (χ2n) is 8.80. The van der Waals surface area contributed by atoms with Crippen LogP contribution in [0, 0.1) is 11.8 Å². The molecular formula is C26H16F3NO4. The number of anilines is 1. The predicted octanol–water partition coefficient (Wildman–Crippen LogP) is 4.34. The smallest absolute Gasteiger partial charge is 0.418 e. The van der Waals surface area contributed by atoms with E-state index in [1.165, 1.54) is 12.1 Å². The predicted molar refractivity (Wildman–Crippen MR) is 114 cm³/mol. The van der Waals surface area contributed by atoms with Gasteiger partial charge in [0.05, 0.1) is 23.1 Å². The average molecular weight is 463 g/mol. The fraction of sp³-hybridized carbons (Fsp3) is 0.192. The molecule has 1 saturated heterocycles. The summed E-state index contributed by atoms with van der Waals surface area (Å²) in [4.78, 5) is 41.2. The molecule has 2 bridgehead atoms. The van der Waals surface area contributed by atoms with E-state index in [0.29, 0.717) is 27.2 Å². The van der Waals surface area contributed by atoms with Gasteiger partial charge in [0.1, 0.15) is 5.41 Å². The number of carbonyl (C=O) groups is 3. The summed E-state index contributed by atoms with van der Waals surface area (Å²) < 4.78 is 41.3. The second kappa shape index (κ2) is 6.56. The Kier molecular flexibility index (Phi) is 3.98. The van der Waals surface area contributed by atoms with Crippen molar-refractivity contribution in [3.8, 4) is 0 Å². The molecule has 0 saturated carbocycles. The van der Waals surface area contributed by atoms with Gasteiger partial charge < -0.3 is 5.11 Å². The summed E-state index contributed by atoms with van der Waals surface area (Å²) in [7, 11) is 0. The topological polar surface area (TPSA) is 74.7 Å². The molecule has 0 spiro atoms. The molecule has 1 heterocycles. The third-order valence-corrected chi connectivity index (χ3v) is 7.41. The summed E-state index contributed by atoms with van der Waals surface area (Å²) in [5.74, 6) is -6.19. The minimum absolute atomic E-state index is 0.402. The minimum Gasteiger partial charge on any atom is -0.480 e. The summed E-state index contributed by atoms with van der Waals surface area (Å²) in [6, 6.07) is 17.9. The van der Waals surface area contributed by atoms with Gasteiger partial charge in [0.25, 0.3) is 0 Å². The van der Waals surface area contributed by atoms with E-state index < -0.39 is 58.4 Å². The van der Waals surface area contributed by atoms with Gasteiger partial charge in [-0.3, -0.25) is 14.4 Å². The molecule has 0 radical (unpaired) electrons. The van der Waals surface area contributed by atoms with E-state index >= 15 is 0 Å². The Morgan fingerprint density at radius 1 is 0.824 bits per heavy atom. The molecule has 170 valence electrons. The molecule has 3 aromatic carbocycles. The van der Waals surface area contributed by atoms with E-state index in [0.717, 1.165) is 12.1 Å². The van der Waals surface area contributed by atoms with Gasteiger partial charge in [-0.25, -0.2) is 4.90 Å². The van der Waals surface area contributed by atoms with Crippen molar-refractivity contribution in [2.45, 2.75) is 17.5 Å². The van der Waals surface area contributed by atoms with Crippen LogP contribution in [0.15, 0.2) is 72.8 Å². The van der Waals surface area contributed by atoms with E-state index in [4.69, 9.17) is 0 Å². The molecule has 3 aliphatic carbocycles. The van der Waals surface area contributed by atoms with Gasteiger partial charge in [-0.2, -0.15) is 13.2 Å². The summed E-state index contributed by atoms with van der Waals surface area (Å²) >= 11 is 0. The van der Waals surface area contributed by atoms with Gasteiger partial charge in [-0.15, -0.1) is 0 Å². The first-order chi connectivity index (χ1) is 16.2. The maximum atomic E-state index is 13.8. The van der Waals surface area contributed by atoms with Gasteiger partial charge in [0.15, 0.2) is 0 Å². The summed E-state index contributed by atoms with van der Waals surface area (Å²) in [6.45, 7) is 0. The van der Waals surface area contributed by atoms with Crippen LogP contribution in [0.5, 0.6) is 0 Å². The molecule has 1 fully saturated rings. The lowest BCUT2D eigenvalue weighted by molar-refractivity contribution is -0.149. The highest BCUT2D eigenvalue weighted by Crippen LogP contribution is 2.64. The van der Waals surface area contributed by atoms with Crippen molar-refractivity contribution in [1.29, 1.82) is 0 Å². The number of rotatable bonds is 2. The second-order valence-corrected chi connectivity index (χ2v) is 8.80. The maximum absolute atomic E-state index is 13.8. The Bertz CT molecular complexity index is 1370. The van der Waals surface area contributed by atoms with Crippen molar-refractivity contribution in [1.82, 2.24) is 0 Å². The number of hydrogen-bond acceptors (Lipinski definition) is 3. The normalized spacial score (nSPS) is 26.8. The minimum atomic E-state index is -4.81. The first-order valence-corrected chi connectivity index (χ1v) is 10.7. The fourth-order valence-corrected chi connectivity index (χ4v) is 6.28. The van der Waals surface area contributed by atoms with Crippen molar-refractivity contribution in [3.05, 3.63) is 101 Å². The Morgan fingerprint density at radius 2 is 1.35 bits per heavy atom. The van der Waals surface area contributed by atoms with Gasteiger partial charge in [-0.1, -0.05) is 60.7 Å². The van der Waals surface area contributed by atoms with Crippen LogP contribution in [0.1, 0.15) is 33.7 Å². The Hall–Kier alpha value is -3.94. The number of hydrogen-bond donors (Lipinski definition) is 1. The number of halogens is 3. The van der Waals surface area contributed by atoms with Crippen LogP contribution in [0.4, 0.5) is 18.9 Å². The van der Waals surface area contributed by atoms with Crippen LogP contribution in [-0.4, -0.2) is 22.9 Å². The molecule has 0 unspecified atom stereocenters. The lowest BCUT2D eigenvalue weighted by Crippen LogP contribution is -2.57. The van der Waals surface area contributed by atoms with E-state index in [1.807, 2.05) is 0 Å². The number of alkyl halides is 3. The molecule has 1 aliphatic heterocycles. The van der Waals surface area contributed by atoms with Crippen molar-refractivity contribution in [2.24, 2.45) is 11.8 Å². The van der Waals surface area contributed by atoms with Gasteiger partial charge in [-0.05, 0) is 34.4 Å². The quantitative estimate of drug-likeness (QED) is 0.574. The Labute approximate surface area is 191 Å². The highest BCUT2D eigenvalue weighted by atomic mass is 19.4. The molecule has 4 aliphatic rings. The van der Waals surface area contributed by atoms with E-state index in [1.54, 1.807) is 48.5 Å².